The summed E-state index contributed by atoms with van der Waals surface area (Å²) in [5, 5.41) is 17.4. The van der Waals surface area contributed by atoms with Crippen LogP contribution in [0.15, 0.2) is 58.9 Å². The third kappa shape index (κ3) is 3.54. The summed E-state index contributed by atoms with van der Waals surface area (Å²) in [6, 6.07) is 7.32. The number of carbonyl (C=O) groups is 1. The van der Waals surface area contributed by atoms with Gasteiger partial charge in [-0.2, -0.15) is 14.6 Å². The van der Waals surface area contributed by atoms with Crippen molar-refractivity contribution in [1.29, 1.82) is 0 Å². The third-order valence-corrected chi connectivity index (χ3v) is 4.31. The Labute approximate surface area is 167 Å². The number of fused-ring (bicyclic) bond motifs is 1. The van der Waals surface area contributed by atoms with Crippen LogP contribution in [0.4, 0.5) is 18.9 Å². The number of rotatable bonds is 5. The maximum atomic E-state index is 14.9. The number of ether oxygens (including phenoxy) is 2. The van der Waals surface area contributed by atoms with Crippen molar-refractivity contribution in [2.75, 3.05) is 6.79 Å². The lowest BCUT2D eigenvalue weighted by Gasteiger charge is -2.15. The van der Waals surface area contributed by atoms with Crippen molar-refractivity contribution in [2.24, 2.45) is 10.2 Å². The highest BCUT2D eigenvalue weighted by Gasteiger charge is 2.31. The zero-order chi connectivity index (χ0) is 21.3. The Morgan fingerprint density at radius 3 is 2.60 bits per heavy atom. The molecule has 0 spiro atoms. The molecular formula is C20H12F3N3O4. The van der Waals surface area contributed by atoms with Crippen LogP contribution in [-0.2, 0) is 0 Å². The van der Waals surface area contributed by atoms with Gasteiger partial charge in [0.1, 0.15) is 11.9 Å². The van der Waals surface area contributed by atoms with Crippen LogP contribution in [0.25, 0.3) is 0 Å². The molecule has 2 heterocycles. The smallest absolute Gasteiger partial charge is 0.337 e. The fourth-order valence-corrected chi connectivity index (χ4v) is 2.91. The average Bonchev–Trinajstić information content (AvgIpc) is 3.22. The number of aromatic nitrogens is 1. The molecule has 10 heteroatoms. The van der Waals surface area contributed by atoms with Crippen LogP contribution in [0.5, 0.6) is 11.5 Å². The molecule has 1 aliphatic heterocycles. The van der Waals surface area contributed by atoms with Crippen LogP contribution in [0.1, 0.15) is 27.7 Å². The van der Waals surface area contributed by atoms with E-state index < -0.39 is 29.5 Å². The highest BCUT2D eigenvalue weighted by Crippen LogP contribution is 2.42. The largest absolute Gasteiger partial charge is 0.478 e. The van der Waals surface area contributed by atoms with E-state index >= 15 is 0 Å². The van der Waals surface area contributed by atoms with E-state index in [1.54, 1.807) is 0 Å². The van der Waals surface area contributed by atoms with Gasteiger partial charge in [-0.25, -0.2) is 13.6 Å². The monoisotopic (exact) mass is 415 g/mol. The van der Waals surface area contributed by atoms with Crippen LogP contribution in [0.2, 0.25) is 0 Å². The lowest BCUT2D eigenvalue weighted by atomic mass is 9.98. The van der Waals surface area contributed by atoms with E-state index in [9.17, 15) is 23.1 Å². The number of azo groups is 1. The highest BCUT2D eigenvalue weighted by atomic mass is 19.2. The maximum Gasteiger partial charge on any atom is 0.337 e. The van der Waals surface area contributed by atoms with Gasteiger partial charge in [-0.15, -0.1) is 0 Å². The molecule has 1 atom stereocenters. The van der Waals surface area contributed by atoms with Crippen LogP contribution in [0.3, 0.4) is 0 Å². The first-order chi connectivity index (χ1) is 14.5. The normalized spacial score (nSPS) is 13.6. The molecule has 1 N–H and O–H groups in total. The Balaban J connectivity index is 1.88. The number of carboxylic acids is 1. The van der Waals surface area contributed by atoms with Crippen LogP contribution in [-0.4, -0.2) is 22.9 Å². The minimum absolute atomic E-state index is 0.0568. The van der Waals surface area contributed by atoms with E-state index in [0.29, 0.717) is 0 Å². The predicted molar refractivity (Wildman–Crippen MR) is 96.4 cm³/mol. The fourth-order valence-electron chi connectivity index (χ4n) is 2.91. The first-order valence-electron chi connectivity index (χ1n) is 8.58. The zero-order valence-electron chi connectivity index (χ0n) is 15.1. The lowest BCUT2D eigenvalue weighted by molar-refractivity contribution is 0.0694. The van der Waals surface area contributed by atoms with Gasteiger partial charge in [-0.3, -0.25) is 4.98 Å². The molecule has 0 saturated heterocycles. The molecule has 1 aliphatic rings. The molecule has 0 aliphatic carbocycles. The van der Waals surface area contributed by atoms with Crippen molar-refractivity contribution in [3.8, 4) is 11.5 Å². The van der Waals surface area contributed by atoms with Crippen molar-refractivity contribution in [3.63, 3.8) is 0 Å². The van der Waals surface area contributed by atoms with Crippen LogP contribution in [0, 0.1) is 17.5 Å². The molecular weight excluding hydrogens is 403 g/mol. The molecule has 1 unspecified atom stereocenters. The van der Waals surface area contributed by atoms with Gasteiger partial charge in [0.05, 0.1) is 16.9 Å². The van der Waals surface area contributed by atoms with Gasteiger partial charge in [0, 0.05) is 11.8 Å². The lowest BCUT2D eigenvalue weighted by Crippen LogP contribution is -2.11. The van der Waals surface area contributed by atoms with Crippen molar-refractivity contribution in [3.05, 3.63) is 82.9 Å². The minimum atomic E-state index is -1.42. The van der Waals surface area contributed by atoms with E-state index in [4.69, 9.17) is 9.47 Å². The quantitative estimate of drug-likeness (QED) is 0.605. The number of nitrogens with zero attached hydrogens (tertiary/aromatic N) is 3. The zero-order valence-corrected chi connectivity index (χ0v) is 15.1. The summed E-state index contributed by atoms with van der Waals surface area (Å²) < 4.78 is 52.5. The van der Waals surface area contributed by atoms with Gasteiger partial charge < -0.3 is 14.6 Å². The van der Waals surface area contributed by atoms with Gasteiger partial charge >= 0.3 is 5.97 Å². The van der Waals surface area contributed by atoms with E-state index in [1.165, 1.54) is 30.5 Å². The molecule has 152 valence electrons. The topological polar surface area (TPSA) is 93.4 Å². The Bertz CT molecular complexity index is 1150. The first-order valence-corrected chi connectivity index (χ1v) is 8.58. The van der Waals surface area contributed by atoms with Crippen molar-refractivity contribution in [1.82, 2.24) is 4.98 Å². The molecule has 0 amide bonds. The molecule has 0 saturated carbocycles. The van der Waals surface area contributed by atoms with Crippen molar-refractivity contribution in [2.45, 2.75) is 6.04 Å². The van der Waals surface area contributed by atoms with Crippen LogP contribution >= 0.6 is 0 Å². The minimum Gasteiger partial charge on any atom is -0.478 e. The molecule has 3 aromatic rings. The number of benzene rings is 2. The molecule has 0 bridgehead atoms. The summed E-state index contributed by atoms with van der Waals surface area (Å²) in [5.74, 6) is -4.86. The summed E-state index contributed by atoms with van der Waals surface area (Å²) in [7, 11) is 0. The maximum absolute atomic E-state index is 14.9. The van der Waals surface area contributed by atoms with Crippen molar-refractivity contribution >= 4 is 11.7 Å². The second-order valence-corrected chi connectivity index (χ2v) is 6.16. The molecule has 7 nitrogen and oxygen atoms in total. The van der Waals surface area contributed by atoms with Gasteiger partial charge in [-0.1, -0.05) is 0 Å². The summed E-state index contributed by atoms with van der Waals surface area (Å²) in [4.78, 5) is 15.7. The van der Waals surface area contributed by atoms with Gasteiger partial charge in [0.25, 0.3) is 0 Å². The Morgan fingerprint density at radius 1 is 1.10 bits per heavy atom. The third-order valence-electron chi connectivity index (χ3n) is 4.31. The molecule has 0 radical (unpaired) electrons. The van der Waals surface area contributed by atoms with Crippen molar-refractivity contribution < 1.29 is 32.5 Å². The Hall–Kier alpha value is -3.95. The number of halogens is 3. The standard InChI is InChI=1S/C20H12F3N3O4/c21-10-3-5-11(6-4-10)25-26-18(17-12(20(27)28)2-1-7-24-17)13-8-14-19(30-9-29-14)16(23)15(13)22/h1-8,18H,9H2,(H,27,28). The first kappa shape index (κ1) is 19.4. The van der Waals surface area contributed by atoms with E-state index in [0.717, 1.165) is 18.2 Å². The molecule has 4 rings (SSSR count). The fraction of sp³-hybridized carbons (Fsp3) is 0.100. The number of pyridine rings is 1. The number of aromatic carboxylic acids is 1. The van der Waals surface area contributed by atoms with E-state index in [-0.39, 0.29) is 40.8 Å². The molecule has 0 fully saturated rings. The number of hydrogen-bond donors (Lipinski definition) is 1. The second kappa shape index (κ2) is 7.82. The predicted octanol–water partition coefficient (Wildman–Crippen LogP) is 4.80. The SMILES string of the molecule is O=C(O)c1cccnc1C(N=Nc1ccc(F)cc1)c1cc2c(c(F)c1F)OCO2. The molecule has 2 aromatic carbocycles. The van der Waals surface area contributed by atoms with Gasteiger partial charge in [0.15, 0.2) is 11.6 Å². The van der Waals surface area contributed by atoms with E-state index in [2.05, 4.69) is 15.2 Å². The average molecular weight is 415 g/mol. The summed E-state index contributed by atoms with van der Waals surface area (Å²) in [6.45, 7) is -0.291. The summed E-state index contributed by atoms with van der Waals surface area (Å²) >= 11 is 0. The highest BCUT2D eigenvalue weighted by molar-refractivity contribution is 5.89. The number of carboxylic acid groups (broad SMARTS) is 1. The Morgan fingerprint density at radius 2 is 1.87 bits per heavy atom. The molecule has 30 heavy (non-hydrogen) atoms. The number of hydrogen-bond acceptors (Lipinski definition) is 6. The Kier molecular flexibility index (Phi) is 5.05. The molecule has 1 aromatic heterocycles. The van der Waals surface area contributed by atoms with Gasteiger partial charge in [-0.05, 0) is 42.5 Å². The second-order valence-electron chi connectivity index (χ2n) is 6.16. The summed E-state index contributed by atoms with van der Waals surface area (Å²) in [5.41, 5.74) is -0.550. The van der Waals surface area contributed by atoms with Crippen LogP contribution < -0.4 is 9.47 Å². The van der Waals surface area contributed by atoms with E-state index in [1.807, 2.05) is 0 Å². The summed E-state index contributed by atoms with van der Waals surface area (Å²) in [6.07, 6.45) is 1.30. The van der Waals surface area contributed by atoms with Gasteiger partial charge in [0.2, 0.25) is 18.4 Å².